The van der Waals surface area contributed by atoms with Gasteiger partial charge in [0.1, 0.15) is 6.17 Å². The molecule has 0 bridgehead atoms. The molecule has 3 atom stereocenters. The molecule has 1 aliphatic rings. The van der Waals surface area contributed by atoms with Crippen LogP contribution in [0.3, 0.4) is 0 Å². The van der Waals surface area contributed by atoms with Crippen LogP contribution in [0.25, 0.3) is 0 Å². The zero-order valence-corrected chi connectivity index (χ0v) is 10.3. The number of halogens is 1. The Bertz CT molecular complexity index is 237. The first kappa shape index (κ1) is 12.7. The van der Waals surface area contributed by atoms with Gasteiger partial charge in [0.05, 0.1) is 6.61 Å². The standard InChI is InChI=1S/C13H23FO/c1-5-12(14)8-13(9-15-4)6-10(2)11(3)7-13/h6,11-12H,5,7-9H2,1-4H3/t11-,12+,13+/m1/s1. The highest BCUT2D eigenvalue weighted by Gasteiger charge is 2.37. The molecule has 0 saturated heterocycles. The number of rotatable bonds is 5. The molecular weight excluding hydrogens is 191 g/mol. The lowest BCUT2D eigenvalue weighted by Gasteiger charge is -2.28. The van der Waals surface area contributed by atoms with E-state index < -0.39 is 6.17 Å². The molecule has 0 aromatic carbocycles. The van der Waals surface area contributed by atoms with Crippen LogP contribution >= 0.6 is 0 Å². The van der Waals surface area contributed by atoms with Gasteiger partial charge in [0.25, 0.3) is 0 Å². The highest BCUT2D eigenvalue weighted by molar-refractivity contribution is 5.18. The molecule has 88 valence electrons. The molecule has 0 amide bonds. The van der Waals surface area contributed by atoms with Crippen molar-refractivity contribution >= 4 is 0 Å². The molecule has 0 saturated carbocycles. The van der Waals surface area contributed by atoms with Crippen molar-refractivity contribution in [2.24, 2.45) is 11.3 Å². The summed E-state index contributed by atoms with van der Waals surface area (Å²) in [6.45, 7) is 6.90. The van der Waals surface area contributed by atoms with E-state index in [2.05, 4.69) is 19.9 Å². The topological polar surface area (TPSA) is 9.23 Å². The van der Waals surface area contributed by atoms with E-state index in [-0.39, 0.29) is 5.41 Å². The summed E-state index contributed by atoms with van der Waals surface area (Å²) in [5.74, 6) is 0.573. The summed E-state index contributed by atoms with van der Waals surface area (Å²) in [6, 6.07) is 0. The van der Waals surface area contributed by atoms with Crippen LogP contribution in [-0.4, -0.2) is 19.9 Å². The van der Waals surface area contributed by atoms with Gasteiger partial charge in [0.15, 0.2) is 0 Å². The lowest BCUT2D eigenvalue weighted by Crippen LogP contribution is -2.26. The Morgan fingerprint density at radius 1 is 1.67 bits per heavy atom. The van der Waals surface area contributed by atoms with E-state index in [9.17, 15) is 4.39 Å². The maximum atomic E-state index is 13.5. The number of methoxy groups -OCH3 is 1. The molecule has 15 heavy (non-hydrogen) atoms. The smallest absolute Gasteiger partial charge is 0.101 e. The number of hydrogen-bond donors (Lipinski definition) is 0. The summed E-state index contributed by atoms with van der Waals surface area (Å²) < 4.78 is 18.8. The van der Waals surface area contributed by atoms with Crippen molar-refractivity contribution in [3.63, 3.8) is 0 Å². The number of hydrogen-bond acceptors (Lipinski definition) is 1. The second-order valence-corrected chi connectivity index (χ2v) is 5.00. The summed E-state index contributed by atoms with van der Waals surface area (Å²) in [5.41, 5.74) is 1.34. The average molecular weight is 214 g/mol. The van der Waals surface area contributed by atoms with E-state index >= 15 is 0 Å². The van der Waals surface area contributed by atoms with Crippen LogP contribution in [0.4, 0.5) is 4.39 Å². The van der Waals surface area contributed by atoms with Crippen LogP contribution in [0.1, 0.15) is 40.0 Å². The maximum Gasteiger partial charge on any atom is 0.101 e. The first-order valence-corrected chi connectivity index (χ1v) is 5.85. The third kappa shape index (κ3) is 3.04. The van der Waals surface area contributed by atoms with E-state index in [0.29, 0.717) is 25.4 Å². The zero-order valence-electron chi connectivity index (χ0n) is 10.3. The van der Waals surface area contributed by atoms with Crippen LogP contribution in [0.5, 0.6) is 0 Å². The largest absolute Gasteiger partial charge is 0.384 e. The van der Waals surface area contributed by atoms with E-state index in [4.69, 9.17) is 4.74 Å². The predicted octanol–water partition coefficient (Wildman–Crippen LogP) is 3.74. The number of alkyl halides is 1. The van der Waals surface area contributed by atoms with Gasteiger partial charge in [-0.05, 0) is 32.1 Å². The SMILES string of the molecule is CC[C@H](F)C[C@]1(COC)C=C(C)[C@H](C)C1. The van der Waals surface area contributed by atoms with Gasteiger partial charge in [-0.1, -0.05) is 25.5 Å². The van der Waals surface area contributed by atoms with Gasteiger partial charge in [0.2, 0.25) is 0 Å². The Labute approximate surface area is 92.7 Å². The molecule has 0 aromatic heterocycles. The second kappa shape index (κ2) is 5.11. The van der Waals surface area contributed by atoms with E-state index in [1.807, 2.05) is 6.92 Å². The molecule has 0 heterocycles. The third-order valence-electron chi connectivity index (χ3n) is 3.53. The average Bonchev–Trinajstić information content (AvgIpc) is 2.42. The maximum absolute atomic E-state index is 13.5. The Balaban J connectivity index is 2.73. The van der Waals surface area contributed by atoms with Crippen LogP contribution in [-0.2, 0) is 4.74 Å². The van der Waals surface area contributed by atoms with Crippen LogP contribution < -0.4 is 0 Å². The molecule has 0 N–H and O–H groups in total. The van der Waals surface area contributed by atoms with Crippen molar-refractivity contribution in [1.29, 1.82) is 0 Å². The van der Waals surface area contributed by atoms with Crippen molar-refractivity contribution in [3.05, 3.63) is 11.6 Å². The summed E-state index contributed by atoms with van der Waals surface area (Å²) in [4.78, 5) is 0. The summed E-state index contributed by atoms with van der Waals surface area (Å²) in [5, 5.41) is 0. The Morgan fingerprint density at radius 3 is 2.73 bits per heavy atom. The van der Waals surface area contributed by atoms with E-state index in [0.717, 1.165) is 6.42 Å². The molecule has 1 nitrogen and oxygen atoms in total. The summed E-state index contributed by atoms with van der Waals surface area (Å²) in [6.07, 6.45) is 3.79. The lowest BCUT2D eigenvalue weighted by molar-refractivity contribution is 0.0778. The fourth-order valence-electron chi connectivity index (χ4n) is 2.63. The molecule has 0 fully saturated rings. The molecule has 2 heteroatoms. The van der Waals surface area contributed by atoms with Gasteiger partial charge < -0.3 is 4.74 Å². The molecule has 0 aromatic rings. The predicted molar refractivity (Wildman–Crippen MR) is 61.7 cm³/mol. The second-order valence-electron chi connectivity index (χ2n) is 5.00. The molecule has 0 spiro atoms. The molecule has 1 rings (SSSR count). The van der Waals surface area contributed by atoms with Gasteiger partial charge in [0, 0.05) is 12.5 Å². The van der Waals surface area contributed by atoms with Crippen molar-refractivity contribution < 1.29 is 9.13 Å². The minimum atomic E-state index is -0.700. The molecule has 0 radical (unpaired) electrons. The van der Waals surface area contributed by atoms with Crippen molar-refractivity contribution in [1.82, 2.24) is 0 Å². The van der Waals surface area contributed by atoms with E-state index in [1.54, 1.807) is 7.11 Å². The Morgan fingerprint density at radius 2 is 2.33 bits per heavy atom. The van der Waals surface area contributed by atoms with Crippen molar-refractivity contribution in [2.75, 3.05) is 13.7 Å². The van der Waals surface area contributed by atoms with Crippen LogP contribution in [0.15, 0.2) is 11.6 Å². The van der Waals surface area contributed by atoms with Gasteiger partial charge in [-0.3, -0.25) is 0 Å². The first-order valence-electron chi connectivity index (χ1n) is 5.85. The van der Waals surface area contributed by atoms with Gasteiger partial charge in [-0.15, -0.1) is 0 Å². The van der Waals surface area contributed by atoms with Crippen LogP contribution in [0, 0.1) is 11.3 Å². The fourth-order valence-corrected chi connectivity index (χ4v) is 2.63. The highest BCUT2D eigenvalue weighted by atomic mass is 19.1. The zero-order chi connectivity index (χ0) is 11.5. The van der Waals surface area contributed by atoms with Crippen molar-refractivity contribution in [2.45, 2.75) is 46.2 Å². The lowest BCUT2D eigenvalue weighted by atomic mass is 9.81. The van der Waals surface area contributed by atoms with Crippen LogP contribution in [0.2, 0.25) is 0 Å². The first-order chi connectivity index (χ1) is 7.03. The molecule has 0 aliphatic heterocycles. The minimum Gasteiger partial charge on any atom is -0.384 e. The number of ether oxygens (including phenoxy) is 1. The Hall–Kier alpha value is -0.370. The quantitative estimate of drug-likeness (QED) is 0.633. The van der Waals surface area contributed by atoms with E-state index in [1.165, 1.54) is 5.57 Å². The molecule has 1 aliphatic carbocycles. The van der Waals surface area contributed by atoms with Gasteiger partial charge >= 0.3 is 0 Å². The summed E-state index contributed by atoms with van der Waals surface area (Å²) in [7, 11) is 1.70. The third-order valence-corrected chi connectivity index (χ3v) is 3.53. The minimum absolute atomic E-state index is 0.0479. The monoisotopic (exact) mass is 214 g/mol. The van der Waals surface area contributed by atoms with Gasteiger partial charge in [-0.2, -0.15) is 0 Å². The number of allylic oxidation sites excluding steroid dienone is 1. The van der Waals surface area contributed by atoms with Gasteiger partial charge in [-0.25, -0.2) is 4.39 Å². The highest BCUT2D eigenvalue weighted by Crippen LogP contribution is 2.44. The fraction of sp³-hybridized carbons (Fsp3) is 0.846. The Kier molecular flexibility index (Phi) is 4.32. The molecular formula is C13H23FO. The normalized spacial score (nSPS) is 32.9. The summed E-state index contributed by atoms with van der Waals surface area (Å²) >= 11 is 0. The molecule has 0 unspecified atom stereocenters. The van der Waals surface area contributed by atoms with Crippen molar-refractivity contribution in [3.8, 4) is 0 Å².